The first-order chi connectivity index (χ1) is 5.27. The first kappa shape index (κ1) is 7.88. The van der Waals surface area contributed by atoms with E-state index in [0.717, 1.165) is 12.1 Å². The predicted octanol–water partition coefficient (Wildman–Crippen LogP) is 1.54. The number of fused-ring (bicyclic) bond motifs is 2. The molecule has 2 heterocycles. The molecule has 0 aliphatic carbocycles. The van der Waals surface area contributed by atoms with E-state index in [9.17, 15) is 0 Å². The number of aromatic hydroxyl groups is 1. The van der Waals surface area contributed by atoms with Crippen LogP contribution < -0.4 is 5.73 Å². The average molecular weight is 153 g/mol. The Balaban J connectivity index is 0.000000179. The smallest absolute Gasteiger partial charge is 0.169 e. The lowest BCUT2D eigenvalue weighted by Crippen LogP contribution is -1.87. The maximum atomic E-state index is 8.85. The van der Waals surface area contributed by atoms with Crippen molar-refractivity contribution in [1.29, 1.82) is 0 Å². The molecule has 0 aromatic carbocycles. The first-order valence-electron chi connectivity index (χ1n) is 3.49. The van der Waals surface area contributed by atoms with Crippen molar-refractivity contribution in [3.8, 4) is 5.75 Å². The van der Waals surface area contributed by atoms with Gasteiger partial charge in [-0.05, 0) is 18.7 Å². The third-order valence-corrected chi connectivity index (χ3v) is 1.16. The molecule has 0 amide bonds. The molecule has 3 heteroatoms. The molecule has 0 aliphatic rings. The van der Waals surface area contributed by atoms with Crippen molar-refractivity contribution in [3.05, 3.63) is 18.2 Å². The van der Waals surface area contributed by atoms with Crippen LogP contribution >= 0.6 is 0 Å². The van der Waals surface area contributed by atoms with Gasteiger partial charge in [-0.1, -0.05) is 6.92 Å². The van der Waals surface area contributed by atoms with Crippen molar-refractivity contribution in [3.63, 3.8) is 0 Å². The quantitative estimate of drug-likeness (QED) is 0.603. The van der Waals surface area contributed by atoms with Crippen LogP contribution in [0.4, 0.5) is 0 Å². The largest absolute Gasteiger partial charge is 0.504 e. The van der Waals surface area contributed by atoms with Gasteiger partial charge in [0.2, 0.25) is 0 Å². The third-order valence-electron chi connectivity index (χ3n) is 1.16. The van der Waals surface area contributed by atoms with Crippen LogP contribution in [0.3, 0.4) is 0 Å². The van der Waals surface area contributed by atoms with E-state index in [0.29, 0.717) is 5.58 Å². The summed E-state index contributed by atoms with van der Waals surface area (Å²) < 4.78 is 4.96. The molecule has 0 unspecified atom stereocenters. The summed E-state index contributed by atoms with van der Waals surface area (Å²) >= 11 is 0. The molecule has 3 N–H and O–H groups in total. The van der Waals surface area contributed by atoms with Crippen molar-refractivity contribution < 1.29 is 9.52 Å². The van der Waals surface area contributed by atoms with Crippen LogP contribution in [0, 0.1) is 0 Å². The molecule has 2 bridgehead atoms. The lowest BCUT2D eigenvalue weighted by molar-refractivity contribution is 0.476. The molecule has 3 nitrogen and oxygen atoms in total. The molecule has 2 aromatic heterocycles. The Hall–Kier alpha value is -1.22. The Kier molecular flexibility index (Phi) is 2.33. The lowest BCUT2D eigenvalue weighted by atomic mass is 10.3. The SMILES string of the molecule is CCN.Oc1cc2ccc1o2. The zero-order chi connectivity index (χ0) is 8.27. The van der Waals surface area contributed by atoms with E-state index in [1.807, 2.05) is 13.0 Å². The van der Waals surface area contributed by atoms with E-state index < -0.39 is 0 Å². The van der Waals surface area contributed by atoms with E-state index in [-0.39, 0.29) is 5.75 Å². The number of hydrogen-bond donors (Lipinski definition) is 2. The summed E-state index contributed by atoms with van der Waals surface area (Å²) in [6, 6.07) is 5.15. The Morgan fingerprint density at radius 2 is 2.18 bits per heavy atom. The zero-order valence-electron chi connectivity index (χ0n) is 6.37. The molecule has 0 spiro atoms. The summed E-state index contributed by atoms with van der Waals surface area (Å²) in [5.41, 5.74) is 6.15. The second-order valence-corrected chi connectivity index (χ2v) is 2.14. The highest BCUT2D eigenvalue weighted by molar-refractivity contribution is 5.68. The molecule has 0 aliphatic heterocycles. The van der Waals surface area contributed by atoms with Crippen molar-refractivity contribution in [2.24, 2.45) is 5.73 Å². The number of rotatable bonds is 0. The fraction of sp³-hybridized carbons (Fsp3) is 0.250. The van der Waals surface area contributed by atoms with E-state index in [1.165, 1.54) is 0 Å². The maximum absolute atomic E-state index is 8.85. The summed E-state index contributed by atoms with van der Waals surface area (Å²) in [6.07, 6.45) is 0. The zero-order valence-corrected chi connectivity index (χ0v) is 6.37. The maximum Gasteiger partial charge on any atom is 0.169 e. The van der Waals surface area contributed by atoms with Gasteiger partial charge in [0.25, 0.3) is 0 Å². The van der Waals surface area contributed by atoms with Crippen LogP contribution in [0.25, 0.3) is 11.2 Å². The molecule has 0 atom stereocenters. The van der Waals surface area contributed by atoms with Gasteiger partial charge in [0, 0.05) is 6.07 Å². The molecule has 0 fully saturated rings. The van der Waals surface area contributed by atoms with Gasteiger partial charge >= 0.3 is 0 Å². The van der Waals surface area contributed by atoms with Crippen LogP contribution in [-0.2, 0) is 0 Å². The van der Waals surface area contributed by atoms with Gasteiger partial charge in [0.15, 0.2) is 11.3 Å². The number of nitrogens with two attached hydrogens (primary N) is 1. The van der Waals surface area contributed by atoms with Gasteiger partial charge in [-0.3, -0.25) is 0 Å². The fourth-order valence-corrected chi connectivity index (χ4v) is 0.774. The number of furan rings is 2. The van der Waals surface area contributed by atoms with Crippen molar-refractivity contribution in [2.75, 3.05) is 6.54 Å². The normalized spacial score (nSPS) is 9.64. The third kappa shape index (κ3) is 1.62. The highest BCUT2D eigenvalue weighted by Crippen LogP contribution is 2.26. The van der Waals surface area contributed by atoms with E-state index in [1.54, 1.807) is 12.1 Å². The molecular formula is C8H11NO2. The Labute approximate surface area is 64.8 Å². The Morgan fingerprint density at radius 3 is 2.36 bits per heavy atom. The number of benzene rings is 1. The summed E-state index contributed by atoms with van der Waals surface area (Å²) in [6.45, 7) is 2.65. The molecular weight excluding hydrogens is 142 g/mol. The van der Waals surface area contributed by atoms with Crippen LogP contribution in [0.1, 0.15) is 6.92 Å². The minimum Gasteiger partial charge on any atom is -0.504 e. The average Bonchev–Trinajstić information content (AvgIpc) is 2.48. The molecule has 0 radical (unpaired) electrons. The van der Waals surface area contributed by atoms with E-state index in [2.05, 4.69) is 0 Å². The molecule has 2 aromatic rings. The first-order valence-corrected chi connectivity index (χ1v) is 3.49. The molecule has 60 valence electrons. The highest BCUT2D eigenvalue weighted by atomic mass is 16.4. The molecule has 2 rings (SSSR count). The predicted molar refractivity (Wildman–Crippen MR) is 43.8 cm³/mol. The Bertz CT molecular complexity index is 302. The fourth-order valence-electron chi connectivity index (χ4n) is 0.774. The van der Waals surface area contributed by atoms with Crippen molar-refractivity contribution in [2.45, 2.75) is 6.92 Å². The van der Waals surface area contributed by atoms with E-state index >= 15 is 0 Å². The topological polar surface area (TPSA) is 59.4 Å². The summed E-state index contributed by atoms with van der Waals surface area (Å²) in [5.74, 6) is 0.238. The standard InChI is InChI=1S/C6H4O2.C2H7N/c7-5-3-4-1-2-6(5)8-4;1-2-3/h1-3,7H;2-3H2,1H3. The molecule has 0 saturated heterocycles. The summed E-state index contributed by atoms with van der Waals surface area (Å²) in [5, 5.41) is 8.85. The lowest BCUT2D eigenvalue weighted by Gasteiger charge is -1.76. The van der Waals surface area contributed by atoms with Crippen LogP contribution in [0.5, 0.6) is 5.75 Å². The van der Waals surface area contributed by atoms with E-state index in [4.69, 9.17) is 15.3 Å². The molecule has 0 saturated carbocycles. The van der Waals surface area contributed by atoms with Crippen molar-refractivity contribution >= 4 is 11.2 Å². The van der Waals surface area contributed by atoms with Gasteiger partial charge in [0.05, 0.1) is 0 Å². The second-order valence-electron chi connectivity index (χ2n) is 2.14. The van der Waals surface area contributed by atoms with Gasteiger partial charge in [-0.2, -0.15) is 0 Å². The van der Waals surface area contributed by atoms with Gasteiger partial charge in [-0.15, -0.1) is 0 Å². The second kappa shape index (κ2) is 3.25. The molecule has 11 heavy (non-hydrogen) atoms. The summed E-state index contributed by atoms with van der Waals surface area (Å²) in [4.78, 5) is 0. The summed E-state index contributed by atoms with van der Waals surface area (Å²) in [7, 11) is 0. The Morgan fingerprint density at radius 1 is 1.55 bits per heavy atom. The van der Waals surface area contributed by atoms with Crippen molar-refractivity contribution in [1.82, 2.24) is 0 Å². The van der Waals surface area contributed by atoms with Crippen LogP contribution in [-0.4, -0.2) is 11.7 Å². The number of phenols is 1. The highest BCUT2D eigenvalue weighted by Gasteiger charge is 2.02. The van der Waals surface area contributed by atoms with Crippen LogP contribution in [0.2, 0.25) is 0 Å². The number of phenolic OH excluding ortho intramolecular Hbond substituents is 1. The van der Waals surface area contributed by atoms with Crippen LogP contribution in [0.15, 0.2) is 22.6 Å². The number of hydrogen-bond acceptors (Lipinski definition) is 3. The monoisotopic (exact) mass is 153 g/mol. The van der Waals surface area contributed by atoms with Gasteiger partial charge in [0.1, 0.15) is 5.58 Å². The minimum absolute atomic E-state index is 0.238. The van der Waals surface area contributed by atoms with Gasteiger partial charge in [-0.25, -0.2) is 0 Å². The van der Waals surface area contributed by atoms with Gasteiger partial charge < -0.3 is 15.3 Å². The minimum atomic E-state index is 0.238.